The maximum absolute atomic E-state index is 12.7. The lowest BCUT2D eigenvalue weighted by molar-refractivity contribution is 0.00724. The van der Waals surface area contributed by atoms with Gasteiger partial charge in [-0.2, -0.15) is 5.10 Å². The molecule has 1 aliphatic heterocycles. The van der Waals surface area contributed by atoms with Crippen molar-refractivity contribution in [3.63, 3.8) is 0 Å². The van der Waals surface area contributed by atoms with Crippen molar-refractivity contribution in [2.24, 2.45) is 0 Å². The molecule has 2 aromatic rings. The van der Waals surface area contributed by atoms with Gasteiger partial charge in [-0.15, -0.1) is 0 Å². The van der Waals surface area contributed by atoms with Crippen molar-refractivity contribution in [3.05, 3.63) is 52.8 Å². The summed E-state index contributed by atoms with van der Waals surface area (Å²) in [4.78, 5) is 14.6. The molecule has 0 bridgehead atoms. The quantitative estimate of drug-likeness (QED) is 0.839. The van der Waals surface area contributed by atoms with Gasteiger partial charge in [0.25, 0.3) is 5.91 Å². The number of hydrogen-bond donors (Lipinski definition) is 0. The van der Waals surface area contributed by atoms with Gasteiger partial charge in [-0.05, 0) is 57.4 Å². The highest BCUT2D eigenvalue weighted by Crippen LogP contribution is 2.17. The maximum Gasteiger partial charge on any atom is 0.253 e. The molecule has 1 atom stereocenters. The van der Waals surface area contributed by atoms with E-state index in [1.54, 1.807) is 0 Å². The molecule has 5 nitrogen and oxygen atoms in total. The Bertz CT molecular complexity index is 719. The smallest absolute Gasteiger partial charge is 0.253 e. The number of piperidine rings is 1. The van der Waals surface area contributed by atoms with Gasteiger partial charge in [-0.3, -0.25) is 9.48 Å². The molecule has 2 heterocycles. The molecule has 1 aromatic heterocycles. The second-order valence-electron chi connectivity index (χ2n) is 6.75. The van der Waals surface area contributed by atoms with Gasteiger partial charge >= 0.3 is 0 Å². The van der Waals surface area contributed by atoms with Gasteiger partial charge in [-0.25, -0.2) is 0 Å². The fraction of sp³-hybridized carbons (Fsp3) is 0.500. The third-order valence-corrected chi connectivity index (χ3v) is 4.70. The number of hydrogen-bond acceptors (Lipinski definition) is 3. The largest absolute Gasteiger partial charge is 0.377 e. The molecule has 1 aliphatic rings. The van der Waals surface area contributed by atoms with Crippen molar-refractivity contribution in [1.29, 1.82) is 0 Å². The summed E-state index contributed by atoms with van der Waals surface area (Å²) < 4.78 is 7.68. The Morgan fingerprint density at radius 3 is 2.68 bits per heavy atom. The van der Waals surface area contributed by atoms with Crippen molar-refractivity contribution in [3.8, 4) is 0 Å². The zero-order valence-corrected chi connectivity index (χ0v) is 15.4. The SMILES string of the molecule is CCO[C@H]1CCCN(C(=O)c2ccc(Cn3nc(C)cc3C)cc2)C1. The molecule has 0 saturated carbocycles. The fourth-order valence-corrected chi connectivity index (χ4v) is 3.44. The average Bonchev–Trinajstić information content (AvgIpc) is 2.93. The Balaban J connectivity index is 1.65. The van der Waals surface area contributed by atoms with Crippen molar-refractivity contribution in [2.75, 3.05) is 19.7 Å². The topological polar surface area (TPSA) is 47.4 Å². The minimum absolute atomic E-state index is 0.0991. The Morgan fingerprint density at radius 1 is 1.28 bits per heavy atom. The van der Waals surface area contributed by atoms with Crippen LogP contribution in [0.25, 0.3) is 0 Å². The maximum atomic E-state index is 12.7. The predicted octanol–water partition coefficient (Wildman–Crippen LogP) is 3.19. The minimum Gasteiger partial charge on any atom is -0.377 e. The molecule has 1 amide bonds. The number of ether oxygens (including phenoxy) is 1. The molecule has 0 spiro atoms. The van der Waals surface area contributed by atoms with Gasteiger partial charge < -0.3 is 9.64 Å². The third kappa shape index (κ3) is 4.28. The monoisotopic (exact) mass is 341 g/mol. The Labute approximate surface area is 149 Å². The van der Waals surface area contributed by atoms with Crippen LogP contribution < -0.4 is 0 Å². The van der Waals surface area contributed by atoms with Crippen LogP contribution in [0.4, 0.5) is 0 Å². The lowest BCUT2D eigenvalue weighted by Gasteiger charge is -2.32. The summed E-state index contributed by atoms with van der Waals surface area (Å²) in [5, 5.41) is 4.49. The number of nitrogens with zero attached hydrogens (tertiary/aromatic N) is 3. The third-order valence-electron chi connectivity index (χ3n) is 4.70. The number of amides is 1. The molecule has 1 saturated heterocycles. The zero-order valence-electron chi connectivity index (χ0n) is 15.4. The van der Waals surface area contributed by atoms with Gasteiger partial charge in [-0.1, -0.05) is 12.1 Å². The minimum atomic E-state index is 0.0991. The molecule has 3 rings (SSSR count). The molecule has 1 aromatic carbocycles. The molecule has 1 fully saturated rings. The molecule has 25 heavy (non-hydrogen) atoms. The summed E-state index contributed by atoms with van der Waals surface area (Å²) in [6.45, 7) is 9.00. The fourth-order valence-electron chi connectivity index (χ4n) is 3.44. The van der Waals surface area contributed by atoms with Gasteiger partial charge in [0.05, 0.1) is 18.3 Å². The van der Waals surface area contributed by atoms with Crippen LogP contribution in [-0.2, 0) is 11.3 Å². The number of carbonyl (C=O) groups is 1. The van der Waals surface area contributed by atoms with E-state index < -0.39 is 0 Å². The van der Waals surface area contributed by atoms with Crippen LogP contribution in [0.5, 0.6) is 0 Å². The average molecular weight is 341 g/mol. The van der Waals surface area contributed by atoms with Gasteiger partial charge in [0.2, 0.25) is 0 Å². The number of aryl methyl sites for hydroxylation is 2. The Kier molecular flexibility index (Phi) is 5.53. The normalized spacial score (nSPS) is 17.7. The van der Waals surface area contributed by atoms with Crippen molar-refractivity contribution in [2.45, 2.75) is 46.3 Å². The number of likely N-dealkylation sites (tertiary alicyclic amines) is 1. The van der Waals surface area contributed by atoms with E-state index in [9.17, 15) is 4.79 Å². The van der Waals surface area contributed by atoms with E-state index in [0.29, 0.717) is 13.2 Å². The highest BCUT2D eigenvalue weighted by atomic mass is 16.5. The van der Waals surface area contributed by atoms with Crippen molar-refractivity contribution >= 4 is 5.91 Å². The van der Waals surface area contributed by atoms with Gasteiger partial charge in [0, 0.05) is 31.0 Å². The molecule has 134 valence electrons. The van der Waals surface area contributed by atoms with Crippen LogP contribution in [-0.4, -0.2) is 46.4 Å². The van der Waals surface area contributed by atoms with E-state index >= 15 is 0 Å². The lowest BCUT2D eigenvalue weighted by Crippen LogP contribution is -2.43. The molecular weight excluding hydrogens is 314 g/mol. The van der Waals surface area contributed by atoms with Crippen molar-refractivity contribution < 1.29 is 9.53 Å². The van der Waals surface area contributed by atoms with Gasteiger partial charge in [0.15, 0.2) is 0 Å². The lowest BCUT2D eigenvalue weighted by atomic mass is 10.1. The van der Waals surface area contributed by atoms with Crippen molar-refractivity contribution in [1.82, 2.24) is 14.7 Å². The van der Waals surface area contributed by atoms with Gasteiger partial charge in [0.1, 0.15) is 0 Å². The van der Waals surface area contributed by atoms with E-state index in [4.69, 9.17) is 4.74 Å². The second kappa shape index (κ2) is 7.83. The van der Waals surface area contributed by atoms with E-state index in [1.807, 2.05) is 47.7 Å². The number of rotatable bonds is 5. The summed E-state index contributed by atoms with van der Waals surface area (Å²) in [6, 6.07) is 9.96. The van der Waals surface area contributed by atoms with Crippen LogP contribution in [0.3, 0.4) is 0 Å². The van der Waals surface area contributed by atoms with E-state index in [-0.39, 0.29) is 12.0 Å². The molecule has 0 aliphatic carbocycles. The van der Waals surface area contributed by atoms with E-state index in [2.05, 4.69) is 18.1 Å². The summed E-state index contributed by atoms with van der Waals surface area (Å²) in [5.41, 5.74) is 4.06. The number of aromatic nitrogens is 2. The van der Waals surface area contributed by atoms with E-state index in [0.717, 1.165) is 48.4 Å². The first-order chi connectivity index (χ1) is 12.1. The number of carbonyl (C=O) groups excluding carboxylic acids is 1. The van der Waals surface area contributed by atoms with Crippen LogP contribution >= 0.6 is 0 Å². The first kappa shape index (κ1) is 17.7. The summed E-state index contributed by atoms with van der Waals surface area (Å²) in [5.74, 6) is 0.0991. The highest BCUT2D eigenvalue weighted by molar-refractivity contribution is 5.94. The molecule has 5 heteroatoms. The Morgan fingerprint density at radius 2 is 2.04 bits per heavy atom. The highest BCUT2D eigenvalue weighted by Gasteiger charge is 2.24. The second-order valence-corrected chi connectivity index (χ2v) is 6.75. The standard InChI is InChI=1S/C20H27N3O2/c1-4-25-19-6-5-11-22(14-19)20(24)18-9-7-17(8-10-18)13-23-16(3)12-15(2)21-23/h7-10,12,19H,4-6,11,13-14H2,1-3H3/t19-/m0/s1. The summed E-state index contributed by atoms with van der Waals surface area (Å²) in [7, 11) is 0. The molecular formula is C20H27N3O2. The molecule has 0 N–H and O–H groups in total. The first-order valence-electron chi connectivity index (χ1n) is 9.07. The molecule has 0 radical (unpaired) electrons. The summed E-state index contributed by atoms with van der Waals surface area (Å²) in [6.07, 6.45) is 2.22. The van der Waals surface area contributed by atoms with Crippen LogP contribution in [0.15, 0.2) is 30.3 Å². The van der Waals surface area contributed by atoms with Crippen LogP contribution in [0.1, 0.15) is 47.1 Å². The first-order valence-corrected chi connectivity index (χ1v) is 9.07. The van der Waals surface area contributed by atoms with Crippen LogP contribution in [0.2, 0.25) is 0 Å². The molecule has 0 unspecified atom stereocenters. The summed E-state index contributed by atoms with van der Waals surface area (Å²) >= 11 is 0. The predicted molar refractivity (Wildman–Crippen MR) is 97.8 cm³/mol. The van der Waals surface area contributed by atoms with Crippen LogP contribution in [0, 0.1) is 13.8 Å². The van der Waals surface area contributed by atoms with E-state index in [1.165, 1.54) is 0 Å². The number of benzene rings is 1. The zero-order chi connectivity index (χ0) is 17.8. The Hall–Kier alpha value is -2.14.